The molecule has 1 aliphatic heterocycles. The molecule has 45 heavy (non-hydrogen) atoms. The Hall–Kier alpha value is -3.66. The summed E-state index contributed by atoms with van der Waals surface area (Å²) in [6, 6.07) is 18.2. The fraction of sp³-hybridized carbons (Fsp3) is 0.412. The summed E-state index contributed by atoms with van der Waals surface area (Å²) in [5.74, 6) is 1.46. The summed E-state index contributed by atoms with van der Waals surface area (Å²) in [6.07, 6.45) is 3.82. The summed E-state index contributed by atoms with van der Waals surface area (Å²) in [7, 11) is 4.57. The van der Waals surface area contributed by atoms with Crippen LogP contribution in [-0.4, -0.2) is 63.8 Å². The van der Waals surface area contributed by atoms with E-state index in [4.69, 9.17) is 37.4 Å². The predicted molar refractivity (Wildman–Crippen MR) is 180 cm³/mol. The average molecular weight is 658 g/mol. The van der Waals surface area contributed by atoms with Gasteiger partial charge in [0.1, 0.15) is 0 Å². The van der Waals surface area contributed by atoms with Crippen LogP contribution in [0.1, 0.15) is 50.6 Å². The lowest BCUT2D eigenvalue weighted by Gasteiger charge is -2.38. The van der Waals surface area contributed by atoms with Crippen molar-refractivity contribution in [3.05, 3.63) is 76.3 Å². The first-order valence-corrected chi connectivity index (χ1v) is 15.9. The number of rotatable bonds is 13. The molecule has 0 bridgehead atoms. The molecule has 3 amide bonds. The largest absolute Gasteiger partial charge is 0.493 e. The number of nitrogens with one attached hydrogen (secondary N) is 2. The number of nitrogens with zero attached hydrogens (tertiary/aromatic N) is 2. The van der Waals surface area contributed by atoms with Crippen LogP contribution >= 0.6 is 23.2 Å². The molecule has 1 saturated heterocycles. The van der Waals surface area contributed by atoms with Crippen LogP contribution in [0.3, 0.4) is 0 Å². The minimum atomic E-state index is -0.386. The molecule has 3 aromatic rings. The Bertz CT molecular complexity index is 1410. The van der Waals surface area contributed by atoms with Crippen LogP contribution in [0.5, 0.6) is 17.2 Å². The number of amides is 3. The minimum Gasteiger partial charge on any atom is -0.493 e. The molecule has 242 valence electrons. The normalized spacial score (nSPS) is 14.4. The molecule has 9 nitrogen and oxygen atoms in total. The maximum Gasteiger partial charge on any atom is 0.319 e. The number of anilines is 2. The van der Waals surface area contributed by atoms with Gasteiger partial charge in [-0.15, -0.1) is 0 Å². The molecule has 0 saturated carbocycles. The second-order valence-electron chi connectivity index (χ2n) is 10.9. The maximum atomic E-state index is 13.2. The van der Waals surface area contributed by atoms with E-state index in [9.17, 15) is 9.59 Å². The standard InChI is InChI=1S/C34H42Cl2N4O5/c1-5-32(41)40(25-10-7-6-8-11-25)26-15-18-39(19-16-26)17-9-12-29(23-13-14-27(35)28(36)20-23)38-34(42)37-24-21-30(43-2)33(45-4)31(22-24)44-3/h6-8,10-11,13-14,20-22,26,29H,5,9,12,15-19H2,1-4H3,(H2,37,38,42). The highest BCUT2D eigenvalue weighted by Crippen LogP contribution is 2.40. The number of urea groups is 1. The van der Waals surface area contributed by atoms with E-state index >= 15 is 0 Å². The van der Waals surface area contributed by atoms with E-state index in [1.165, 1.54) is 21.3 Å². The number of halogens is 2. The van der Waals surface area contributed by atoms with Gasteiger partial charge in [0, 0.05) is 43.4 Å². The van der Waals surface area contributed by atoms with Crippen molar-refractivity contribution in [3.8, 4) is 17.2 Å². The van der Waals surface area contributed by atoms with E-state index in [1.807, 2.05) is 48.2 Å². The Morgan fingerprint density at radius 2 is 1.60 bits per heavy atom. The fourth-order valence-corrected chi connectivity index (χ4v) is 6.07. The predicted octanol–water partition coefficient (Wildman–Crippen LogP) is 7.57. The van der Waals surface area contributed by atoms with Gasteiger partial charge in [-0.2, -0.15) is 0 Å². The number of methoxy groups -OCH3 is 3. The number of likely N-dealkylation sites (tertiary alicyclic amines) is 1. The molecule has 4 rings (SSSR count). The van der Waals surface area contributed by atoms with E-state index in [-0.39, 0.29) is 24.0 Å². The zero-order valence-electron chi connectivity index (χ0n) is 26.3. The first kappa shape index (κ1) is 34.2. The fourth-order valence-electron chi connectivity index (χ4n) is 5.77. The number of hydrogen-bond acceptors (Lipinski definition) is 6. The van der Waals surface area contributed by atoms with Crippen molar-refractivity contribution < 1.29 is 23.8 Å². The molecule has 0 aromatic heterocycles. The minimum absolute atomic E-state index is 0.153. The van der Waals surface area contributed by atoms with Gasteiger partial charge in [-0.25, -0.2) is 4.79 Å². The molecule has 0 aliphatic carbocycles. The topological polar surface area (TPSA) is 92.4 Å². The third kappa shape index (κ3) is 8.96. The van der Waals surface area contributed by atoms with Crippen LogP contribution in [0.25, 0.3) is 0 Å². The summed E-state index contributed by atoms with van der Waals surface area (Å²) in [5.41, 5.74) is 2.31. The summed E-state index contributed by atoms with van der Waals surface area (Å²) >= 11 is 12.5. The molecule has 1 unspecified atom stereocenters. The highest BCUT2D eigenvalue weighted by molar-refractivity contribution is 6.42. The number of para-hydroxylation sites is 1. The molecule has 1 fully saturated rings. The Balaban J connectivity index is 1.38. The Kier molecular flexibility index (Phi) is 12.6. The van der Waals surface area contributed by atoms with Gasteiger partial charge in [-0.1, -0.05) is 54.4 Å². The first-order valence-electron chi connectivity index (χ1n) is 15.2. The number of carbonyl (C=O) groups is 2. The smallest absolute Gasteiger partial charge is 0.319 e. The van der Waals surface area contributed by atoms with Crippen molar-refractivity contribution in [1.82, 2.24) is 10.2 Å². The lowest BCUT2D eigenvalue weighted by molar-refractivity contribution is -0.119. The van der Waals surface area contributed by atoms with Crippen molar-refractivity contribution >= 4 is 46.5 Å². The van der Waals surface area contributed by atoms with E-state index in [0.29, 0.717) is 45.8 Å². The van der Waals surface area contributed by atoms with Crippen molar-refractivity contribution in [2.24, 2.45) is 0 Å². The van der Waals surface area contributed by atoms with Gasteiger partial charge in [0.2, 0.25) is 11.7 Å². The molecule has 1 heterocycles. The van der Waals surface area contributed by atoms with Gasteiger partial charge in [0.25, 0.3) is 0 Å². The van der Waals surface area contributed by atoms with Crippen molar-refractivity contribution in [2.45, 2.75) is 51.1 Å². The van der Waals surface area contributed by atoms with Gasteiger partial charge in [-0.3, -0.25) is 4.79 Å². The van der Waals surface area contributed by atoms with Gasteiger partial charge >= 0.3 is 6.03 Å². The van der Waals surface area contributed by atoms with E-state index in [2.05, 4.69) is 15.5 Å². The van der Waals surface area contributed by atoms with Gasteiger partial charge in [0.05, 0.1) is 43.1 Å². The molecule has 0 radical (unpaired) electrons. The number of carbonyl (C=O) groups excluding carboxylic acids is 2. The van der Waals surface area contributed by atoms with Crippen LogP contribution in [-0.2, 0) is 4.79 Å². The van der Waals surface area contributed by atoms with Crippen LogP contribution in [0, 0.1) is 0 Å². The Morgan fingerprint density at radius 1 is 0.933 bits per heavy atom. The summed E-state index contributed by atoms with van der Waals surface area (Å²) in [4.78, 5) is 30.5. The monoisotopic (exact) mass is 656 g/mol. The van der Waals surface area contributed by atoms with Crippen LogP contribution in [0.15, 0.2) is 60.7 Å². The van der Waals surface area contributed by atoms with E-state index in [0.717, 1.165) is 50.1 Å². The second-order valence-corrected chi connectivity index (χ2v) is 11.7. The summed E-state index contributed by atoms with van der Waals surface area (Å²) in [6.45, 7) is 4.58. The van der Waals surface area contributed by atoms with Crippen molar-refractivity contribution in [3.63, 3.8) is 0 Å². The van der Waals surface area contributed by atoms with Gasteiger partial charge < -0.3 is 34.6 Å². The molecule has 2 N–H and O–H groups in total. The SMILES string of the molecule is CCC(=O)N(c1ccccc1)C1CCN(CCCC(NC(=O)Nc2cc(OC)c(OC)c(OC)c2)c2ccc(Cl)c(Cl)c2)CC1. The molecule has 0 spiro atoms. The second kappa shape index (κ2) is 16.6. The molecular weight excluding hydrogens is 615 g/mol. The van der Waals surface area contributed by atoms with Crippen molar-refractivity contribution in [1.29, 1.82) is 0 Å². The van der Waals surface area contributed by atoms with Gasteiger partial charge in [0.15, 0.2) is 11.5 Å². The van der Waals surface area contributed by atoms with Crippen LogP contribution in [0.2, 0.25) is 10.0 Å². The Morgan fingerprint density at radius 3 is 2.18 bits per heavy atom. The number of piperidine rings is 1. The summed E-state index contributed by atoms with van der Waals surface area (Å²) < 4.78 is 16.2. The van der Waals surface area contributed by atoms with Crippen LogP contribution < -0.4 is 29.7 Å². The lowest BCUT2D eigenvalue weighted by atomic mass is 9.99. The number of ether oxygens (including phenoxy) is 3. The van der Waals surface area contributed by atoms with Crippen molar-refractivity contribution in [2.75, 3.05) is 51.2 Å². The molecule has 11 heteroatoms. The molecule has 1 aliphatic rings. The Labute approximate surface area is 275 Å². The number of hydrogen-bond donors (Lipinski definition) is 2. The third-order valence-electron chi connectivity index (χ3n) is 8.07. The first-order chi connectivity index (χ1) is 21.8. The van der Waals surface area contributed by atoms with Crippen LogP contribution in [0.4, 0.5) is 16.2 Å². The van der Waals surface area contributed by atoms with E-state index in [1.54, 1.807) is 24.3 Å². The van der Waals surface area contributed by atoms with Gasteiger partial charge in [-0.05, 0) is 62.1 Å². The van der Waals surface area contributed by atoms with E-state index < -0.39 is 0 Å². The molecular formula is C34H42Cl2N4O5. The quantitative estimate of drug-likeness (QED) is 0.197. The summed E-state index contributed by atoms with van der Waals surface area (Å²) in [5, 5.41) is 6.87. The highest BCUT2D eigenvalue weighted by Gasteiger charge is 2.28. The molecule has 1 atom stereocenters. The lowest BCUT2D eigenvalue weighted by Crippen LogP contribution is -2.47. The maximum absolute atomic E-state index is 13.2. The zero-order valence-corrected chi connectivity index (χ0v) is 27.8. The average Bonchev–Trinajstić information content (AvgIpc) is 3.06. The third-order valence-corrected chi connectivity index (χ3v) is 8.81. The zero-order chi connectivity index (χ0) is 32.3. The molecule has 3 aromatic carbocycles. The number of benzene rings is 3. The highest BCUT2D eigenvalue weighted by atomic mass is 35.5.